The molecule has 1 aromatic heterocycles. The van der Waals surface area contributed by atoms with Crippen LogP contribution >= 0.6 is 0 Å². The number of imidazole rings is 1. The molecular weight excluding hydrogens is 1020 g/mol. The molecule has 28 heteroatoms. The minimum Gasteiger partial charge on any atom is -0.508 e. The molecule has 8 amide bonds. The second kappa shape index (κ2) is 29.6. The summed E-state index contributed by atoms with van der Waals surface area (Å²) in [4.78, 5) is 145. The van der Waals surface area contributed by atoms with Crippen LogP contribution in [-0.2, 0) is 62.4 Å². The average molecular weight is 1090 g/mol. The lowest BCUT2D eigenvalue weighted by Crippen LogP contribution is -2.62. The SMILES string of the molecule is CC[C@H](C)[C@H](NC(=O)[C@H](Cc1ccc(O)cc1)NC(=O)[C@@H](NC(=O)[C@H](CCCN=C(N)N)NC(=O)[C@@H](N)CC(N)=O)C(C)C)C(=O)N[C@@H](Cc1cnc[nH]1)C(=O)N1CCC[C@H]1C(=O)N[C@@H](Cc1ccc([N+](=O)[O-])cc1)C(=O)O. The number of nitrogens with zero attached hydrogens (tertiary/aromatic N) is 4. The van der Waals surface area contributed by atoms with Gasteiger partial charge in [-0.3, -0.25) is 53.5 Å². The number of H-pyrrole nitrogens is 1. The van der Waals surface area contributed by atoms with E-state index in [4.69, 9.17) is 22.9 Å². The molecule has 3 aromatic rings. The Kier molecular flexibility index (Phi) is 23.4. The van der Waals surface area contributed by atoms with Gasteiger partial charge < -0.3 is 74.9 Å². The van der Waals surface area contributed by atoms with Crippen LogP contribution in [0.3, 0.4) is 0 Å². The second-order valence-electron chi connectivity index (χ2n) is 19.4. The highest BCUT2D eigenvalue weighted by Gasteiger charge is 2.41. The first kappa shape index (κ1) is 61.9. The number of nitrogens with two attached hydrogens (primary N) is 4. The van der Waals surface area contributed by atoms with E-state index in [0.717, 1.165) is 0 Å². The number of carboxylic acid groups (broad SMARTS) is 1. The third kappa shape index (κ3) is 18.8. The minimum atomic E-state index is -1.47. The number of carbonyl (C=O) groups excluding carboxylic acids is 8. The average Bonchev–Trinajstić information content (AvgIpc) is 4.11. The first-order valence-electron chi connectivity index (χ1n) is 25.3. The Morgan fingerprint density at radius 2 is 1.36 bits per heavy atom. The Labute approximate surface area is 449 Å². The first-order valence-corrected chi connectivity index (χ1v) is 25.3. The van der Waals surface area contributed by atoms with Crippen molar-refractivity contribution < 1.29 is 58.3 Å². The standard InChI is InChI=1S/C50H71N15O13/c1-5-27(4)41(47(73)60-36(22-30-24-55-25-57-30)48(74)64-19-7-9-38(64)45(71)61-37(49(75)76)21-28-10-14-31(15-11-28)65(77)78)63-44(70)35(20-29-12-16-32(66)17-13-29)59-46(72)40(26(2)3)62-43(69)34(8-6-18-56-50(53)54)58-42(68)33(51)23-39(52)67/h10-17,24-27,33-38,40-41,66H,5-9,18-23,51H2,1-4H3,(H2,52,67)(H,55,57)(H,58,68)(H,59,72)(H,60,73)(H,61,71)(H,62,69)(H,63,70)(H,75,76)(H4,53,54,56)/t27-,33-,34-,35-,36-,37-,38-,40-,41-/m0/s1. The van der Waals surface area contributed by atoms with Crippen LogP contribution in [0.15, 0.2) is 66.0 Å². The highest BCUT2D eigenvalue weighted by Crippen LogP contribution is 2.22. The fourth-order valence-electron chi connectivity index (χ4n) is 8.48. The molecule has 28 nitrogen and oxygen atoms in total. The Bertz CT molecular complexity index is 2610. The third-order valence-electron chi connectivity index (χ3n) is 13.0. The van der Waals surface area contributed by atoms with Crippen molar-refractivity contribution in [2.75, 3.05) is 13.1 Å². The Morgan fingerprint density at radius 3 is 1.92 bits per heavy atom. The van der Waals surface area contributed by atoms with Gasteiger partial charge in [-0.2, -0.15) is 0 Å². The summed E-state index contributed by atoms with van der Waals surface area (Å²) in [6.07, 6.45) is 2.66. The minimum absolute atomic E-state index is 0.0434. The maximum absolute atomic E-state index is 14.6. The predicted molar refractivity (Wildman–Crippen MR) is 281 cm³/mol. The number of guanidine groups is 1. The molecule has 1 aliphatic heterocycles. The highest BCUT2D eigenvalue weighted by atomic mass is 16.6. The monoisotopic (exact) mass is 1090 g/mol. The number of phenolic OH excluding ortho intramolecular Hbond substituents is 1. The number of phenols is 1. The zero-order valence-electron chi connectivity index (χ0n) is 43.8. The number of aromatic hydroxyl groups is 1. The van der Waals surface area contributed by atoms with Crippen molar-refractivity contribution >= 4 is 64.9 Å². The zero-order valence-corrected chi connectivity index (χ0v) is 43.8. The molecule has 2 heterocycles. The van der Waals surface area contributed by atoms with E-state index in [9.17, 15) is 63.5 Å². The van der Waals surface area contributed by atoms with Crippen molar-refractivity contribution in [3.05, 3.63) is 88.0 Å². The van der Waals surface area contributed by atoms with Crippen molar-refractivity contribution in [1.29, 1.82) is 0 Å². The predicted octanol–water partition coefficient (Wildman–Crippen LogP) is -2.01. The van der Waals surface area contributed by atoms with Crippen molar-refractivity contribution in [1.82, 2.24) is 46.8 Å². The van der Waals surface area contributed by atoms with Crippen LogP contribution in [-0.4, -0.2) is 151 Å². The van der Waals surface area contributed by atoms with Crippen LogP contribution in [0.1, 0.15) is 83.0 Å². The van der Waals surface area contributed by atoms with Gasteiger partial charge in [0.1, 0.15) is 48.0 Å². The number of carbonyl (C=O) groups is 9. The van der Waals surface area contributed by atoms with Crippen molar-refractivity contribution in [3.8, 4) is 5.75 Å². The summed E-state index contributed by atoms with van der Waals surface area (Å²) < 4.78 is 0. The summed E-state index contributed by atoms with van der Waals surface area (Å²) in [5.74, 6) is -9.46. The van der Waals surface area contributed by atoms with E-state index in [0.29, 0.717) is 29.7 Å². The third-order valence-corrected chi connectivity index (χ3v) is 13.0. The van der Waals surface area contributed by atoms with Gasteiger partial charge >= 0.3 is 5.97 Å². The number of hydrogen-bond donors (Lipinski definition) is 13. The molecule has 0 bridgehead atoms. The van der Waals surface area contributed by atoms with Gasteiger partial charge in [-0.15, -0.1) is 0 Å². The lowest BCUT2D eigenvalue weighted by atomic mass is 9.96. The number of aromatic amines is 1. The topological polar surface area (TPSA) is 458 Å². The highest BCUT2D eigenvalue weighted by molar-refractivity contribution is 5.98. The molecule has 4 rings (SSSR count). The molecule has 424 valence electrons. The molecule has 0 radical (unpaired) electrons. The largest absolute Gasteiger partial charge is 0.508 e. The van der Waals surface area contributed by atoms with Crippen LogP contribution in [0.5, 0.6) is 5.75 Å². The first-order chi connectivity index (χ1) is 36.9. The number of amides is 8. The molecular formula is C50H71N15O13. The Hall–Kier alpha value is -8.69. The smallest absolute Gasteiger partial charge is 0.326 e. The molecule has 0 aliphatic carbocycles. The van der Waals surface area contributed by atoms with Crippen molar-refractivity contribution in [3.63, 3.8) is 0 Å². The molecule has 17 N–H and O–H groups in total. The number of aliphatic imine (C=N–C) groups is 1. The van der Waals surface area contributed by atoms with E-state index in [1.54, 1.807) is 27.7 Å². The number of nitrogens with one attached hydrogen (secondary N) is 7. The van der Waals surface area contributed by atoms with Crippen molar-refractivity contribution in [2.24, 2.45) is 39.8 Å². The van der Waals surface area contributed by atoms with Gasteiger partial charge in [-0.25, -0.2) is 9.78 Å². The Balaban J connectivity index is 1.59. The molecule has 1 saturated heterocycles. The van der Waals surface area contributed by atoms with Gasteiger partial charge in [0.2, 0.25) is 47.3 Å². The van der Waals surface area contributed by atoms with Crippen LogP contribution in [0.25, 0.3) is 0 Å². The lowest BCUT2D eigenvalue weighted by molar-refractivity contribution is -0.384. The summed E-state index contributed by atoms with van der Waals surface area (Å²) in [5, 5.41) is 47.0. The number of rotatable bonds is 30. The maximum atomic E-state index is 14.6. The van der Waals surface area contributed by atoms with E-state index in [1.807, 2.05) is 0 Å². The van der Waals surface area contributed by atoms with Gasteiger partial charge in [-0.1, -0.05) is 58.4 Å². The Morgan fingerprint density at radius 1 is 0.782 bits per heavy atom. The summed E-state index contributed by atoms with van der Waals surface area (Å²) in [7, 11) is 0. The van der Waals surface area contributed by atoms with Gasteiger partial charge in [0.05, 0.1) is 23.7 Å². The number of aromatic nitrogens is 2. The van der Waals surface area contributed by atoms with Crippen LogP contribution in [0.2, 0.25) is 0 Å². The number of primary amides is 1. The number of carboxylic acids is 1. The molecule has 1 fully saturated rings. The molecule has 78 heavy (non-hydrogen) atoms. The van der Waals surface area contributed by atoms with Gasteiger partial charge in [0, 0.05) is 56.4 Å². The van der Waals surface area contributed by atoms with E-state index in [1.165, 1.54) is 66.0 Å². The number of nitro groups is 1. The molecule has 2 aromatic carbocycles. The van der Waals surface area contributed by atoms with E-state index in [-0.39, 0.29) is 69.0 Å². The van der Waals surface area contributed by atoms with Gasteiger partial charge in [-0.05, 0) is 60.8 Å². The van der Waals surface area contributed by atoms with Crippen LogP contribution < -0.4 is 54.8 Å². The van der Waals surface area contributed by atoms with Crippen LogP contribution in [0.4, 0.5) is 5.69 Å². The molecule has 0 spiro atoms. The number of non-ortho nitro benzene ring substituents is 1. The maximum Gasteiger partial charge on any atom is 0.326 e. The lowest BCUT2D eigenvalue weighted by Gasteiger charge is -2.32. The number of hydrogen-bond acceptors (Lipinski definition) is 15. The summed E-state index contributed by atoms with van der Waals surface area (Å²) in [6.45, 7) is 6.81. The normalized spacial score (nSPS) is 16.1. The fourth-order valence-corrected chi connectivity index (χ4v) is 8.48. The summed E-state index contributed by atoms with van der Waals surface area (Å²) in [6, 6.07) is 0.0944. The van der Waals surface area contributed by atoms with E-state index >= 15 is 0 Å². The molecule has 1 aliphatic rings. The fraction of sp³-hybridized carbons (Fsp3) is 0.500. The number of aliphatic carboxylic acids is 1. The molecule has 9 atom stereocenters. The quantitative estimate of drug-likeness (QED) is 0.0113. The van der Waals surface area contributed by atoms with Crippen molar-refractivity contribution in [2.45, 2.75) is 134 Å². The molecule has 0 unspecified atom stereocenters. The van der Waals surface area contributed by atoms with Gasteiger partial charge in [0.15, 0.2) is 5.96 Å². The zero-order chi connectivity index (χ0) is 57.8. The number of likely N-dealkylation sites (tertiary alicyclic amines) is 1. The number of nitro benzene ring substituents is 1. The van der Waals surface area contributed by atoms with E-state index < -0.39 is 125 Å². The second-order valence-corrected chi connectivity index (χ2v) is 19.4. The molecule has 0 saturated carbocycles. The van der Waals surface area contributed by atoms with E-state index in [2.05, 4.69) is 46.9 Å². The van der Waals surface area contributed by atoms with Gasteiger partial charge in [0.25, 0.3) is 5.69 Å². The summed E-state index contributed by atoms with van der Waals surface area (Å²) >= 11 is 0. The van der Waals surface area contributed by atoms with Crippen LogP contribution in [0, 0.1) is 22.0 Å². The number of benzene rings is 2. The summed E-state index contributed by atoms with van der Waals surface area (Å²) in [5.41, 5.74) is 23.0.